The van der Waals surface area contributed by atoms with Crippen molar-refractivity contribution in [3.63, 3.8) is 0 Å². The molecule has 0 aromatic heterocycles. The first-order chi connectivity index (χ1) is 10.1. The first kappa shape index (κ1) is 15.8. The molecule has 116 valence electrons. The van der Waals surface area contributed by atoms with Crippen molar-refractivity contribution in [2.45, 2.75) is 45.7 Å². The van der Waals surface area contributed by atoms with E-state index >= 15 is 0 Å². The van der Waals surface area contributed by atoms with Crippen molar-refractivity contribution >= 4 is 11.7 Å². The molecular weight excluding hydrogens is 262 g/mol. The quantitative estimate of drug-likeness (QED) is 0.836. The fourth-order valence-corrected chi connectivity index (χ4v) is 2.80. The highest BCUT2D eigenvalue weighted by molar-refractivity contribution is 5.94. The van der Waals surface area contributed by atoms with Crippen LogP contribution in [0.25, 0.3) is 0 Å². The van der Waals surface area contributed by atoms with Gasteiger partial charge in [0.2, 0.25) is 0 Å². The zero-order chi connectivity index (χ0) is 15.2. The van der Waals surface area contributed by atoms with Crippen LogP contribution in [0.4, 0.5) is 10.5 Å². The normalized spacial score (nSPS) is 16.0. The number of urea groups is 1. The molecule has 2 amide bonds. The van der Waals surface area contributed by atoms with E-state index in [1.807, 2.05) is 24.1 Å². The van der Waals surface area contributed by atoms with Crippen LogP contribution in [0.5, 0.6) is 0 Å². The molecule has 0 aliphatic carbocycles. The molecule has 4 nitrogen and oxygen atoms in total. The van der Waals surface area contributed by atoms with Crippen LogP contribution in [0, 0.1) is 0 Å². The summed E-state index contributed by atoms with van der Waals surface area (Å²) in [6, 6.07) is 8.84. The molecule has 0 bridgehead atoms. The van der Waals surface area contributed by atoms with E-state index < -0.39 is 0 Å². The van der Waals surface area contributed by atoms with Crippen molar-refractivity contribution in [1.82, 2.24) is 10.2 Å². The minimum Gasteiger partial charge on any atom is -0.323 e. The van der Waals surface area contributed by atoms with Crippen molar-refractivity contribution in [2.24, 2.45) is 0 Å². The first-order valence-electron chi connectivity index (χ1n) is 7.97. The molecule has 2 rings (SSSR count). The van der Waals surface area contributed by atoms with Gasteiger partial charge in [-0.3, -0.25) is 4.90 Å². The highest BCUT2D eigenvalue weighted by Gasteiger charge is 2.27. The molecule has 1 aliphatic rings. The number of carbonyl (C=O) groups is 1. The minimum absolute atomic E-state index is 0.114. The number of anilines is 1. The topological polar surface area (TPSA) is 35.6 Å². The number of rotatable bonds is 7. The van der Waals surface area contributed by atoms with Gasteiger partial charge in [-0.2, -0.15) is 0 Å². The Hall–Kier alpha value is -1.55. The van der Waals surface area contributed by atoms with Crippen LogP contribution in [-0.2, 0) is 6.54 Å². The van der Waals surface area contributed by atoms with E-state index in [0.29, 0.717) is 12.6 Å². The maximum Gasteiger partial charge on any atom is 0.324 e. The second-order valence-corrected chi connectivity index (χ2v) is 5.92. The fraction of sp³-hybridized carbons (Fsp3) is 0.588. The van der Waals surface area contributed by atoms with Gasteiger partial charge in [0.15, 0.2) is 0 Å². The Labute approximate surface area is 128 Å². The molecule has 0 saturated carbocycles. The summed E-state index contributed by atoms with van der Waals surface area (Å²) in [6.07, 6.45) is 3.27. The van der Waals surface area contributed by atoms with Gasteiger partial charge < -0.3 is 10.2 Å². The molecule has 1 N–H and O–H groups in total. The van der Waals surface area contributed by atoms with Crippen molar-refractivity contribution in [1.29, 1.82) is 0 Å². The van der Waals surface area contributed by atoms with Gasteiger partial charge in [-0.05, 0) is 44.4 Å². The van der Waals surface area contributed by atoms with E-state index in [0.717, 1.165) is 38.0 Å². The van der Waals surface area contributed by atoms with E-state index in [4.69, 9.17) is 0 Å². The Morgan fingerprint density at radius 3 is 2.86 bits per heavy atom. The molecular formula is C17H27N3O. The van der Waals surface area contributed by atoms with Crippen LogP contribution in [0.1, 0.15) is 38.7 Å². The molecule has 1 heterocycles. The fourth-order valence-electron chi connectivity index (χ4n) is 2.80. The molecule has 1 aliphatic heterocycles. The van der Waals surface area contributed by atoms with E-state index in [1.54, 1.807) is 4.90 Å². The maximum absolute atomic E-state index is 12.4. The summed E-state index contributed by atoms with van der Waals surface area (Å²) in [5.41, 5.74) is 2.31. The lowest BCUT2D eigenvalue weighted by atomic mass is 10.1. The van der Waals surface area contributed by atoms with Crippen LogP contribution in [0.3, 0.4) is 0 Å². The van der Waals surface area contributed by atoms with Crippen molar-refractivity contribution < 1.29 is 4.79 Å². The molecule has 4 heteroatoms. The van der Waals surface area contributed by atoms with Gasteiger partial charge in [-0.1, -0.05) is 25.1 Å². The maximum atomic E-state index is 12.4. The van der Waals surface area contributed by atoms with E-state index in [1.165, 1.54) is 5.56 Å². The number of hydrogen-bond acceptors (Lipinski definition) is 2. The molecule has 1 unspecified atom stereocenters. The summed E-state index contributed by atoms with van der Waals surface area (Å²) < 4.78 is 0. The van der Waals surface area contributed by atoms with Crippen LogP contribution >= 0.6 is 0 Å². The Balaban J connectivity index is 1.94. The van der Waals surface area contributed by atoms with Crippen molar-refractivity contribution in [3.05, 3.63) is 29.8 Å². The molecule has 1 aromatic carbocycles. The molecule has 0 fully saturated rings. The highest BCUT2D eigenvalue weighted by atomic mass is 16.2. The monoisotopic (exact) mass is 289 g/mol. The van der Waals surface area contributed by atoms with Crippen LogP contribution < -0.4 is 10.2 Å². The van der Waals surface area contributed by atoms with E-state index in [2.05, 4.69) is 31.3 Å². The Bertz CT molecular complexity index is 475. The SMILES string of the molecule is CCCNC(C)CCCN1C(=O)N(C)Cc2ccccc21. The number of benzene rings is 1. The van der Waals surface area contributed by atoms with Gasteiger partial charge in [-0.15, -0.1) is 0 Å². The number of carbonyl (C=O) groups excluding carboxylic acids is 1. The predicted octanol–water partition coefficient (Wildman–Crippen LogP) is 3.23. The summed E-state index contributed by atoms with van der Waals surface area (Å²) in [4.78, 5) is 16.1. The van der Waals surface area contributed by atoms with E-state index in [9.17, 15) is 4.79 Å². The van der Waals surface area contributed by atoms with Gasteiger partial charge >= 0.3 is 6.03 Å². The van der Waals surface area contributed by atoms with Gasteiger partial charge in [0, 0.05) is 26.2 Å². The molecule has 0 radical (unpaired) electrons. The second-order valence-electron chi connectivity index (χ2n) is 5.92. The largest absolute Gasteiger partial charge is 0.324 e. The lowest BCUT2D eigenvalue weighted by Gasteiger charge is -2.35. The van der Waals surface area contributed by atoms with Crippen molar-refractivity contribution in [2.75, 3.05) is 25.0 Å². The van der Waals surface area contributed by atoms with Crippen LogP contribution in [-0.4, -0.2) is 37.1 Å². The van der Waals surface area contributed by atoms with Crippen LogP contribution in [0.2, 0.25) is 0 Å². The van der Waals surface area contributed by atoms with Crippen molar-refractivity contribution in [3.8, 4) is 0 Å². The van der Waals surface area contributed by atoms with Crippen LogP contribution in [0.15, 0.2) is 24.3 Å². The molecule has 21 heavy (non-hydrogen) atoms. The zero-order valence-electron chi connectivity index (χ0n) is 13.4. The van der Waals surface area contributed by atoms with Gasteiger partial charge in [0.1, 0.15) is 0 Å². The number of nitrogens with one attached hydrogen (secondary N) is 1. The average molecular weight is 289 g/mol. The number of amides is 2. The van der Waals surface area contributed by atoms with Gasteiger partial charge in [-0.25, -0.2) is 4.79 Å². The third kappa shape index (κ3) is 3.97. The number of fused-ring (bicyclic) bond motifs is 1. The third-order valence-electron chi connectivity index (χ3n) is 4.01. The minimum atomic E-state index is 0.114. The molecule has 1 aromatic rings. The number of hydrogen-bond donors (Lipinski definition) is 1. The second kappa shape index (κ2) is 7.46. The average Bonchev–Trinajstić information content (AvgIpc) is 2.49. The lowest BCUT2D eigenvalue weighted by molar-refractivity contribution is 0.210. The standard InChI is InChI=1S/C17H27N3O/c1-4-11-18-14(2)8-7-12-20-16-10-6-5-9-15(16)13-19(3)17(20)21/h5-6,9-10,14,18H,4,7-8,11-13H2,1-3H3. The van der Waals surface area contributed by atoms with E-state index in [-0.39, 0.29) is 6.03 Å². The predicted molar refractivity (Wildman–Crippen MR) is 87.6 cm³/mol. The number of para-hydroxylation sites is 1. The van der Waals surface area contributed by atoms with Gasteiger partial charge in [0.25, 0.3) is 0 Å². The third-order valence-corrected chi connectivity index (χ3v) is 4.01. The molecule has 0 saturated heterocycles. The molecule has 1 atom stereocenters. The Morgan fingerprint density at radius 2 is 2.10 bits per heavy atom. The summed E-state index contributed by atoms with van der Waals surface area (Å²) in [5, 5.41) is 3.50. The summed E-state index contributed by atoms with van der Waals surface area (Å²) >= 11 is 0. The first-order valence-corrected chi connectivity index (χ1v) is 7.97. The van der Waals surface area contributed by atoms with Gasteiger partial charge in [0.05, 0.1) is 5.69 Å². The summed E-state index contributed by atoms with van der Waals surface area (Å²) in [5.74, 6) is 0. The number of nitrogens with zero attached hydrogens (tertiary/aromatic N) is 2. The summed E-state index contributed by atoms with van der Waals surface area (Å²) in [6.45, 7) is 6.96. The smallest absolute Gasteiger partial charge is 0.323 e. The summed E-state index contributed by atoms with van der Waals surface area (Å²) in [7, 11) is 1.87. The molecule has 0 spiro atoms. The highest BCUT2D eigenvalue weighted by Crippen LogP contribution is 2.27. The lowest BCUT2D eigenvalue weighted by Crippen LogP contribution is -2.45. The zero-order valence-corrected chi connectivity index (χ0v) is 13.4. The Kier molecular flexibility index (Phi) is 5.62. The Morgan fingerprint density at radius 1 is 1.33 bits per heavy atom.